The highest BCUT2D eigenvalue weighted by molar-refractivity contribution is 6.03. The van der Waals surface area contributed by atoms with Crippen LogP contribution in [0.3, 0.4) is 0 Å². The number of aliphatic hydroxyl groups is 2. The van der Waals surface area contributed by atoms with Crippen molar-refractivity contribution in [1.29, 1.82) is 0 Å². The number of benzene rings is 4. The Balaban J connectivity index is 1.26. The molecule has 10 nitrogen and oxygen atoms in total. The number of carbonyl (C=O) groups is 1. The predicted molar refractivity (Wildman–Crippen MR) is 271 cm³/mol. The summed E-state index contributed by atoms with van der Waals surface area (Å²) in [4.78, 5) is 22.3. The van der Waals surface area contributed by atoms with Crippen LogP contribution in [0.15, 0.2) is 120 Å². The summed E-state index contributed by atoms with van der Waals surface area (Å²) in [5, 5.41) is 27.2. The first-order valence-corrected chi connectivity index (χ1v) is 25.7. The molecule has 4 aromatic rings. The molecule has 1 aliphatic heterocycles. The lowest BCUT2D eigenvalue weighted by Crippen LogP contribution is -2.69. The molecule has 1 fully saturated rings. The molecule has 6 unspecified atom stereocenters. The van der Waals surface area contributed by atoms with Gasteiger partial charge in [0.1, 0.15) is 29.9 Å². The Morgan fingerprint density at radius 1 is 0.809 bits per heavy atom. The van der Waals surface area contributed by atoms with Crippen molar-refractivity contribution in [3.8, 4) is 17.2 Å². The molecule has 366 valence electrons. The molecule has 68 heavy (non-hydrogen) atoms. The molecule has 1 saturated carbocycles. The van der Waals surface area contributed by atoms with Gasteiger partial charge in [0.2, 0.25) is 5.79 Å². The second-order valence-electron chi connectivity index (χ2n) is 19.0. The molecule has 10 heteroatoms. The Bertz CT molecular complexity index is 2260. The van der Waals surface area contributed by atoms with E-state index in [1.807, 2.05) is 60.7 Å². The van der Waals surface area contributed by atoms with Crippen molar-refractivity contribution in [3.05, 3.63) is 126 Å². The fraction of sp³-hybridized carbons (Fsp3) is 0.517. The van der Waals surface area contributed by atoms with E-state index in [1.54, 1.807) is 18.0 Å². The van der Waals surface area contributed by atoms with E-state index in [-0.39, 0.29) is 44.2 Å². The Morgan fingerprint density at radius 3 is 2.22 bits per heavy atom. The zero-order valence-corrected chi connectivity index (χ0v) is 40.7. The normalized spacial score (nSPS) is 22.1. The molecule has 6 atom stereocenters. The van der Waals surface area contributed by atoms with E-state index in [4.69, 9.17) is 28.9 Å². The zero-order chi connectivity index (χ0) is 47.6. The average Bonchev–Trinajstić information content (AvgIpc) is 3.36. The van der Waals surface area contributed by atoms with Gasteiger partial charge >= 0.3 is 6.09 Å². The third-order valence-corrected chi connectivity index (χ3v) is 14.3. The van der Waals surface area contributed by atoms with Crippen molar-refractivity contribution in [2.24, 2.45) is 22.9 Å². The minimum absolute atomic E-state index is 0.0816. The SMILES string of the molecule is C=CCOC12Oc3ccc(Oc4ccc5ccccc5c4)cc3C3C(CCCCO)C(CCCCO)C=C(C(=NOCc4ccccc4)CC1N(C)C(=O)OCCCCCCCCCCCC)C32. The third kappa shape index (κ3) is 12.7. The van der Waals surface area contributed by atoms with Crippen molar-refractivity contribution in [3.63, 3.8) is 0 Å². The van der Waals surface area contributed by atoms with Gasteiger partial charge in [-0.2, -0.15) is 0 Å². The molecule has 1 amide bonds. The quantitative estimate of drug-likeness (QED) is 0.0328. The van der Waals surface area contributed by atoms with Crippen LogP contribution in [0.5, 0.6) is 17.2 Å². The molecule has 2 aliphatic carbocycles. The second-order valence-corrected chi connectivity index (χ2v) is 19.0. The van der Waals surface area contributed by atoms with Crippen LogP contribution >= 0.6 is 0 Å². The molecule has 1 heterocycles. The Labute approximate surface area is 405 Å². The minimum atomic E-state index is -1.37. The van der Waals surface area contributed by atoms with Crippen LogP contribution in [0.25, 0.3) is 10.8 Å². The van der Waals surface area contributed by atoms with Crippen molar-refractivity contribution in [2.75, 3.05) is 33.5 Å². The fourth-order valence-corrected chi connectivity index (χ4v) is 10.9. The highest BCUT2D eigenvalue weighted by Gasteiger charge is 2.65. The van der Waals surface area contributed by atoms with Gasteiger partial charge < -0.3 is 38.9 Å². The topological polar surface area (TPSA) is 119 Å². The van der Waals surface area contributed by atoms with E-state index in [9.17, 15) is 15.0 Å². The lowest BCUT2D eigenvalue weighted by atomic mass is 9.55. The molecule has 0 radical (unpaired) electrons. The van der Waals surface area contributed by atoms with E-state index in [2.05, 4.69) is 49.9 Å². The van der Waals surface area contributed by atoms with E-state index in [0.717, 1.165) is 83.9 Å². The molecule has 7 rings (SSSR count). The maximum Gasteiger partial charge on any atom is 0.409 e. The molecule has 0 spiro atoms. The van der Waals surface area contributed by atoms with Gasteiger partial charge in [0, 0.05) is 38.2 Å². The summed E-state index contributed by atoms with van der Waals surface area (Å²) in [6.07, 6.45) is 20.6. The highest BCUT2D eigenvalue weighted by Crippen LogP contribution is 2.62. The standard InChI is InChI=1S/C58H76N2O8/c1-4-6-7-8-9-10-11-12-13-23-37-64-57(63)60(3)54-41-52(59-66-42-43-24-15-14-16-25-43)50-39-46(28-19-21-34-61)49(29-20-22-35-62)55-51-40-48(67-47-31-30-44-26-17-18-27-45(44)38-47)32-33-53(51)68-58(54,56(50)55)65-36-5-2/h5,14-18,24-27,30-33,38-40,46,49,54-56,61-62H,2,4,6-13,19-23,28-29,34-37,41-42H2,1,3H3. The summed E-state index contributed by atoms with van der Waals surface area (Å²) in [5.41, 5.74) is 3.71. The summed E-state index contributed by atoms with van der Waals surface area (Å²) in [5.74, 6) is 0.282. The highest BCUT2D eigenvalue weighted by atomic mass is 16.7. The van der Waals surface area contributed by atoms with Crippen LogP contribution in [-0.4, -0.2) is 72.2 Å². The lowest BCUT2D eigenvalue weighted by Gasteiger charge is -2.59. The fourth-order valence-electron chi connectivity index (χ4n) is 10.9. The van der Waals surface area contributed by atoms with Crippen molar-refractivity contribution < 1.29 is 38.8 Å². The minimum Gasteiger partial charge on any atom is -0.459 e. The summed E-state index contributed by atoms with van der Waals surface area (Å²) >= 11 is 0. The van der Waals surface area contributed by atoms with Gasteiger partial charge in [-0.15, -0.1) is 6.58 Å². The van der Waals surface area contributed by atoms with Gasteiger partial charge in [-0.3, -0.25) is 0 Å². The van der Waals surface area contributed by atoms with Crippen molar-refractivity contribution >= 4 is 22.6 Å². The maximum absolute atomic E-state index is 14.4. The van der Waals surface area contributed by atoms with Gasteiger partial charge in [-0.05, 0) is 96.2 Å². The number of allylic oxidation sites excluding steroid dienone is 1. The van der Waals surface area contributed by atoms with Crippen molar-refractivity contribution in [1.82, 2.24) is 4.90 Å². The number of likely N-dealkylation sites (N-methyl/N-ethyl adjacent to an activating group) is 1. The van der Waals surface area contributed by atoms with Crippen LogP contribution in [0.2, 0.25) is 0 Å². The van der Waals surface area contributed by atoms with Crippen LogP contribution in [-0.2, 0) is 20.9 Å². The molecule has 0 aromatic heterocycles. The predicted octanol–water partition coefficient (Wildman–Crippen LogP) is 13.5. The lowest BCUT2D eigenvalue weighted by molar-refractivity contribution is -0.253. The summed E-state index contributed by atoms with van der Waals surface area (Å²) < 4.78 is 27.2. The van der Waals surface area contributed by atoms with E-state index in [0.29, 0.717) is 37.4 Å². The van der Waals surface area contributed by atoms with Gasteiger partial charge in [-0.25, -0.2) is 4.79 Å². The number of amides is 1. The van der Waals surface area contributed by atoms with Crippen LogP contribution in [0.4, 0.5) is 4.79 Å². The van der Waals surface area contributed by atoms with Gasteiger partial charge in [0.25, 0.3) is 0 Å². The number of oxime groups is 1. The zero-order valence-electron chi connectivity index (χ0n) is 40.7. The Hall–Kier alpha value is -5.16. The molecule has 2 N–H and O–H groups in total. The monoisotopic (exact) mass is 929 g/mol. The van der Waals surface area contributed by atoms with E-state index in [1.165, 1.54) is 44.9 Å². The summed E-state index contributed by atoms with van der Waals surface area (Å²) in [7, 11) is 1.79. The summed E-state index contributed by atoms with van der Waals surface area (Å²) in [6.45, 7) is 7.34. The number of carbonyl (C=O) groups excluding carboxylic acids is 1. The number of rotatable bonds is 28. The number of fused-ring (bicyclic) bond motifs is 3. The molecular formula is C58H76N2O8. The van der Waals surface area contributed by atoms with Crippen LogP contribution < -0.4 is 9.47 Å². The molecular weight excluding hydrogens is 853 g/mol. The third-order valence-electron chi connectivity index (χ3n) is 14.3. The van der Waals surface area contributed by atoms with E-state index >= 15 is 0 Å². The molecule has 0 bridgehead atoms. The number of nitrogens with zero attached hydrogens (tertiary/aromatic N) is 2. The smallest absolute Gasteiger partial charge is 0.409 e. The summed E-state index contributed by atoms with van der Waals surface area (Å²) in [6, 6.07) is 29.8. The van der Waals surface area contributed by atoms with Crippen LogP contribution in [0.1, 0.15) is 133 Å². The molecule has 0 saturated heterocycles. The molecule has 3 aliphatic rings. The van der Waals surface area contributed by atoms with Gasteiger partial charge in [-0.1, -0.05) is 156 Å². The number of aliphatic hydroxyl groups excluding tert-OH is 2. The molecule has 4 aromatic carbocycles. The number of unbranched alkanes of at least 4 members (excludes halogenated alkanes) is 11. The van der Waals surface area contributed by atoms with Gasteiger partial charge in [0.05, 0.1) is 24.8 Å². The van der Waals surface area contributed by atoms with Gasteiger partial charge in [0.15, 0.2) is 0 Å². The number of hydrogen-bond acceptors (Lipinski definition) is 9. The maximum atomic E-state index is 14.4. The average molecular weight is 929 g/mol. The number of hydrogen-bond donors (Lipinski definition) is 2. The first-order chi connectivity index (χ1) is 33.4. The second kappa shape index (κ2) is 26.0. The largest absolute Gasteiger partial charge is 0.459 e. The Kier molecular flexibility index (Phi) is 19.4. The first kappa shape index (κ1) is 50.7. The van der Waals surface area contributed by atoms with Crippen molar-refractivity contribution in [2.45, 2.75) is 140 Å². The van der Waals surface area contributed by atoms with Crippen LogP contribution in [0, 0.1) is 17.8 Å². The Morgan fingerprint density at radius 2 is 1.49 bits per heavy atom. The number of ether oxygens (including phenoxy) is 4. The van der Waals surface area contributed by atoms with E-state index < -0.39 is 23.8 Å². The first-order valence-electron chi connectivity index (χ1n) is 25.7.